The Bertz CT molecular complexity index is 902. The first-order valence-corrected chi connectivity index (χ1v) is 9.35. The molecule has 1 atom stereocenters. The van der Waals surface area contributed by atoms with E-state index >= 15 is 0 Å². The highest BCUT2D eigenvalue weighted by Gasteiger charge is 2.17. The topological polar surface area (TPSA) is 63.0 Å². The third-order valence-electron chi connectivity index (χ3n) is 5.21. The maximum atomic E-state index is 9.22. The molecule has 2 N–H and O–H groups in total. The second kappa shape index (κ2) is 8.46. The predicted octanol–water partition coefficient (Wildman–Crippen LogP) is 3.38. The van der Waals surface area contributed by atoms with Crippen molar-refractivity contribution in [2.24, 2.45) is 0 Å². The third-order valence-corrected chi connectivity index (χ3v) is 5.21. The molecule has 0 saturated heterocycles. The Balaban J connectivity index is 1.90. The molecule has 1 aromatic carbocycles. The molecular formula is C22H28N4O. The molecule has 0 bridgehead atoms. The van der Waals surface area contributed by atoms with E-state index in [0.717, 1.165) is 17.0 Å². The van der Waals surface area contributed by atoms with E-state index in [1.807, 2.05) is 23.9 Å². The largest absolute Gasteiger partial charge is 0.394 e. The van der Waals surface area contributed by atoms with Crippen molar-refractivity contribution in [2.45, 2.75) is 46.8 Å². The Morgan fingerprint density at radius 1 is 1.07 bits per heavy atom. The first-order chi connectivity index (χ1) is 13.0. The molecular weight excluding hydrogens is 336 g/mol. The van der Waals surface area contributed by atoms with Crippen LogP contribution in [0.15, 0.2) is 42.7 Å². The lowest BCUT2D eigenvalue weighted by molar-refractivity contribution is 0.267. The minimum atomic E-state index is 0.0537. The van der Waals surface area contributed by atoms with Gasteiger partial charge in [-0.05, 0) is 56.0 Å². The SMILES string of the molecule is Cc1ccc(C(NCc2c(C)nn(CCO)c2C)c2cccnc2)cc1C. The Labute approximate surface area is 161 Å². The number of rotatable bonds is 7. The van der Waals surface area contributed by atoms with Gasteiger partial charge in [-0.3, -0.25) is 9.67 Å². The first kappa shape index (κ1) is 19.3. The number of hydrogen-bond donors (Lipinski definition) is 2. The second-order valence-electron chi connectivity index (χ2n) is 7.04. The molecule has 0 spiro atoms. The number of aliphatic hydroxyl groups is 1. The van der Waals surface area contributed by atoms with Crippen LogP contribution in [0.1, 0.15) is 45.2 Å². The minimum absolute atomic E-state index is 0.0537. The van der Waals surface area contributed by atoms with Crippen LogP contribution in [-0.2, 0) is 13.1 Å². The van der Waals surface area contributed by atoms with Gasteiger partial charge in [-0.25, -0.2) is 0 Å². The number of aromatic nitrogens is 3. The fourth-order valence-electron chi connectivity index (χ4n) is 3.43. The Kier molecular flexibility index (Phi) is 6.04. The van der Waals surface area contributed by atoms with Crippen molar-refractivity contribution in [1.29, 1.82) is 0 Å². The van der Waals surface area contributed by atoms with E-state index in [2.05, 4.69) is 60.4 Å². The van der Waals surface area contributed by atoms with Gasteiger partial charge in [0.25, 0.3) is 0 Å². The molecule has 0 saturated carbocycles. The summed E-state index contributed by atoms with van der Waals surface area (Å²) >= 11 is 0. The predicted molar refractivity (Wildman–Crippen MR) is 108 cm³/mol. The van der Waals surface area contributed by atoms with Gasteiger partial charge in [0.1, 0.15) is 0 Å². The monoisotopic (exact) mass is 364 g/mol. The zero-order valence-electron chi connectivity index (χ0n) is 16.5. The molecule has 2 heterocycles. The second-order valence-corrected chi connectivity index (χ2v) is 7.04. The number of nitrogens with one attached hydrogen (secondary N) is 1. The van der Waals surface area contributed by atoms with Crippen molar-refractivity contribution in [3.63, 3.8) is 0 Å². The van der Waals surface area contributed by atoms with Crippen molar-refractivity contribution >= 4 is 0 Å². The summed E-state index contributed by atoms with van der Waals surface area (Å²) in [5, 5.41) is 17.5. The zero-order chi connectivity index (χ0) is 19.4. The van der Waals surface area contributed by atoms with Crippen molar-refractivity contribution in [1.82, 2.24) is 20.1 Å². The summed E-state index contributed by atoms with van der Waals surface area (Å²) in [5.41, 5.74) is 8.22. The van der Waals surface area contributed by atoms with Gasteiger partial charge in [-0.2, -0.15) is 5.10 Å². The van der Waals surface area contributed by atoms with Crippen molar-refractivity contribution in [2.75, 3.05) is 6.61 Å². The lowest BCUT2D eigenvalue weighted by Gasteiger charge is -2.21. The summed E-state index contributed by atoms with van der Waals surface area (Å²) in [6.07, 6.45) is 3.72. The van der Waals surface area contributed by atoms with E-state index in [9.17, 15) is 5.11 Å². The molecule has 0 aliphatic heterocycles. The Morgan fingerprint density at radius 2 is 1.89 bits per heavy atom. The third kappa shape index (κ3) is 4.26. The van der Waals surface area contributed by atoms with Crippen LogP contribution in [0.25, 0.3) is 0 Å². The summed E-state index contributed by atoms with van der Waals surface area (Å²) in [4.78, 5) is 4.31. The lowest BCUT2D eigenvalue weighted by atomic mass is 9.96. The van der Waals surface area contributed by atoms with Gasteiger partial charge in [-0.1, -0.05) is 24.3 Å². The fraction of sp³-hybridized carbons (Fsp3) is 0.364. The number of hydrogen-bond acceptors (Lipinski definition) is 4. The van der Waals surface area contributed by atoms with Crippen LogP contribution in [0, 0.1) is 27.7 Å². The molecule has 3 rings (SSSR count). The van der Waals surface area contributed by atoms with E-state index in [4.69, 9.17) is 0 Å². The highest BCUT2D eigenvalue weighted by molar-refractivity contribution is 5.37. The van der Waals surface area contributed by atoms with Crippen molar-refractivity contribution in [3.8, 4) is 0 Å². The van der Waals surface area contributed by atoms with E-state index in [-0.39, 0.29) is 12.6 Å². The summed E-state index contributed by atoms with van der Waals surface area (Å²) in [5.74, 6) is 0. The van der Waals surface area contributed by atoms with Crippen LogP contribution in [0.4, 0.5) is 0 Å². The quantitative estimate of drug-likeness (QED) is 0.675. The van der Waals surface area contributed by atoms with Crippen molar-refractivity contribution < 1.29 is 5.11 Å². The van der Waals surface area contributed by atoms with Gasteiger partial charge in [0, 0.05) is 30.2 Å². The number of aryl methyl sites for hydroxylation is 3. The molecule has 1 unspecified atom stereocenters. The zero-order valence-corrected chi connectivity index (χ0v) is 16.5. The van der Waals surface area contributed by atoms with Crippen LogP contribution in [0.2, 0.25) is 0 Å². The number of aliphatic hydroxyl groups excluding tert-OH is 1. The average molecular weight is 364 g/mol. The van der Waals surface area contributed by atoms with Gasteiger partial charge in [0.05, 0.1) is 24.9 Å². The Hall–Kier alpha value is -2.50. The molecule has 0 aliphatic rings. The minimum Gasteiger partial charge on any atom is -0.394 e. The van der Waals surface area contributed by atoms with E-state index < -0.39 is 0 Å². The van der Waals surface area contributed by atoms with Gasteiger partial charge in [0.2, 0.25) is 0 Å². The van der Waals surface area contributed by atoms with Gasteiger partial charge < -0.3 is 10.4 Å². The first-order valence-electron chi connectivity index (χ1n) is 9.35. The van der Waals surface area contributed by atoms with Crippen LogP contribution in [-0.4, -0.2) is 26.5 Å². The maximum absolute atomic E-state index is 9.22. The fourth-order valence-corrected chi connectivity index (χ4v) is 3.43. The average Bonchev–Trinajstić information content (AvgIpc) is 2.93. The number of benzene rings is 1. The summed E-state index contributed by atoms with van der Waals surface area (Å²) in [7, 11) is 0. The highest BCUT2D eigenvalue weighted by atomic mass is 16.3. The standard InChI is InChI=1S/C22H28N4O/c1-15-7-8-19(12-16(15)2)22(20-6-5-9-23-13-20)24-14-21-17(3)25-26(10-11-27)18(21)4/h5-9,12-13,22,24,27H,10-11,14H2,1-4H3. The van der Waals surface area contributed by atoms with Crippen LogP contribution >= 0.6 is 0 Å². The lowest BCUT2D eigenvalue weighted by Crippen LogP contribution is -2.23. The molecule has 27 heavy (non-hydrogen) atoms. The molecule has 5 nitrogen and oxygen atoms in total. The molecule has 0 amide bonds. The number of nitrogens with zero attached hydrogens (tertiary/aromatic N) is 3. The maximum Gasteiger partial charge on any atom is 0.0644 e. The van der Waals surface area contributed by atoms with E-state index in [1.165, 1.54) is 22.3 Å². The van der Waals surface area contributed by atoms with Crippen LogP contribution < -0.4 is 5.32 Å². The molecule has 3 aromatic rings. The molecule has 5 heteroatoms. The number of pyridine rings is 1. The molecule has 142 valence electrons. The summed E-state index contributed by atoms with van der Waals surface area (Å²) in [6.45, 7) is 9.68. The molecule has 0 aliphatic carbocycles. The molecule has 0 fully saturated rings. The van der Waals surface area contributed by atoms with Gasteiger partial charge in [0.15, 0.2) is 0 Å². The van der Waals surface area contributed by atoms with Crippen molar-refractivity contribution in [3.05, 3.63) is 81.9 Å². The summed E-state index contributed by atoms with van der Waals surface area (Å²) in [6, 6.07) is 10.7. The molecule has 0 radical (unpaired) electrons. The Morgan fingerprint density at radius 3 is 2.56 bits per heavy atom. The summed E-state index contributed by atoms with van der Waals surface area (Å²) < 4.78 is 1.88. The molecule has 2 aromatic heterocycles. The van der Waals surface area contributed by atoms with Gasteiger partial charge >= 0.3 is 0 Å². The van der Waals surface area contributed by atoms with E-state index in [1.54, 1.807) is 6.20 Å². The van der Waals surface area contributed by atoms with Crippen LogP contribution in [0.5, 0.6) is 0 Å². The highest BCUT2D eigenvalue weighted by Crippen LogP contribution is 2.25. The van der Waals surface area contributed by atoms with E-state index in [0.29, 0.717) is 13.1 Å². The normalized spacial score (nSPS) is 12.3. The van der Waals surface area contributed by atoms with Gasteiger partial charge in [-0.15, -0.1) is 0 Å². The van der Waals surface area contributed by atoms with Crippen LogP contribution in [0.3, 0.4) is 0 Å². The smallest absolute Gasteiger partial charge is 0.0644 e.